The van der Waals surface area contributed by atoms with Crippen LogP contribution in [0.25, 0.3) is 0 Å². The van der Waals surface area contributed by atoms with Gasteiger partial charge < -0.3 is 30.1 Å². The van der Waals surface area contributed by atoms with Gasteiger partial charge in [-0.2, -0.15) is 0 Å². The van der Waals surface area contributed by atoms with Crippen LogP contribution in [0.2, 0.25) is 0 Å². The van der Waals surface area contributed by atoms with Crippen molar-refractivity contribution < 1.29 is 19.1 Å². The number of nitrogens with one attached hydrogen (secondary N) is 2. The molecule has 4 amide bonds. The van der Waals surface area contributed by atoms with Crippen molar-refractivity contribution in [3.8, 4) is 0 Å². The SMILES string of the molecule is CCCN(CC(=O)Nc1ccc(N2CCN(C(=O)Nc3ccc(C)cc3)CC2)cc1)C(=O)COC. The summed E-state index contributed by atoms with van der Waals surface area (Å²) < 4.78 is 4.90. The minimum atomic E-state index is -0.246. The Labute approximate surface area is 207 Å². The Morgan fingerprint density at radius 2 is 1.51 bits per heavy atom. The first-order valence-corrected chi connectivity index (χ1v) is 11.9. The molecule has 188 valence electrons. The number of urea groups is 1. The molecule has 1 fully saturated rings. The average molecular weight is 482 g/mol. The Bertz CT molecular complexity index is 986. The van der Waals surface area contributed by atoms with E-state index in [1.807, 2.05) is 67.3 Å². The zero-order valence-electron chi connectivity index (χ0n) is 20.8. The lowest BCUT2D eigenvalue weighted by Crippen LogP contribution is -2.50. The van der Waals surface area contributed by atoms with E-state index in [4.69, 9.17) is 4.74 Å². The molecule has 1 saturated heterocycles. The van der Waals surface area contributed by atoms with Gasteiger partial charge in [0.15, 0.2) is 0 Å². The van der Waals surface area contributed by atoms with Crippen LogP contribution in [0.1, 0.15) is 18.9 Å². The molecule has 2 aromatic carbocycles. The minimum Gasteiger partial charge on any atom is -0.375 e. The van der Waals surface area contributed by atoms with Crippen LogP contribution in [0.5, 0.6) is 0 Å². The second kappa shape index (κ2) is 12.8. The van der Waals surface area contributed by atoms with Crippen molar-refractivity contribution in [2.45, 2.75) is 20.3 Å². The lowest BCUT2D eigenvalue weighted by atomic mass is 10.2. The molecule has 2 N–H and O–H groups in total. The Hall–Kier alpha value is -3.59. The Morgan fingerprint density at radius 3 is 2.11 bits per heavy atom. The number of hydrogen-bond acceptors (Lipinski definition) is 5. The van der Waals surface area contributed by atoms with Crippen LogP contribution >= 0.6 is 0 Å². The number of piperazine rings is 1. The first kappa shape index (κ1) is 26.0. The molecule has 1 aliphatic heterocycles. The molecule has 9 heteroatoms. The number of methoxy groups -OCH3 is 1. The van der Waals surface area contributed by atoms with Crippen molar-refractivity contribution in [2.75, 3.05) is 68.5 Å². The smallest absolute Gasteiger partial charge is 0.321 e. The molecule has 9 nitrogen and oxygen atoms in total. The van der Waals surface area contributed by atoms with Crippen LogP contribution in [0, 0.1) is 6.92 Å². The maximum atomic E-state index is 12.6. The average Bonchev–Trinajstić information content (AvgIpc) is 2.86. The number of anilines is 3. The van der Waals surface area contributed by atoms with Crippen molar-refractivity contribution in [1.29, 1.82) is 0 Å². The lowest BCUT2D eigenvalue weighted by molar-refractivity contribution is -0.138. The number of carbonyl (C=O) groups excluding carboxylic acids is 3. The molecule has 0 aliphatic carbocycles. The van der Waals surface area contributed by atoms with Gasteiger partial charge in [0.2, 0.25) is 11.8 Å². The predicted octanol–water partition coefficient (Wildman–Crippen LogP) is 3.17. The fourth-order valence-corrected chi connectivity index (χ4v) is 3.91. The van der Waals surface area contributed by atoms with E-state index in [9.17, 15) is 14.4 Å². The number of carbonyl (C=O) groups is 3. The van der Waals surface area contributed by atoms with Gasteiger partial charge in [-0.05, 0) is 49.7 Å². The molecular weight excluding hydrogens is 446 g/mol. The normalized spacial score (nSPS) is 13.3. The largest absolute Gasteiger partial charge is 0.375 e. The summed E-state index contributed by atoms with van der Waals surface area (Å²) in [6, 6.07) is 15.3. The van der Waals surface area contributed by atoms with Crippen LogP contribution in [0.15, 0.2) is 48.5 Å². The van der Waals surface area contributed by atoms with Gasteiger partial charge in [-0.1, -0.05) is 24.6 Å². The van der Waals surface area contributed by atoms with E-state index in [1.165, 1.54) is 12.0 Å². The van der Waals surface area contributed by atoms with E-state index in [2.05, 4.69) is 15.5 Å². The van der Waals surface area contributed by atoms with E-state index in [1.54, 1.807) is 0 Å². The van der Waals surface area contributed by atoms with Crippen LogP contribution < -0.4 is 15.5 Å². The van der Waals surface area contributed by atoms with Gasteiger partial charge >= 0.3 is 6.03 Å². The lowest BCUT2D eigenvalue weighted by Gasteiger charge is -2.36. The Balaban J connectivity index is 1.47. The second-order valence-corrected chi connectivity index (χ2v) is 8.61. The third kappa shape index (κ3) is 7.71. The van der Waals surface area contributed by atoms with Gasteiger partial charge in [-0.25, -0.2) is 4.79 Å². The number of rotatable bonds is 9. The third-order valence-electron chi connectivity index (χ3n) is 5.83. The summed E-state index contributed by atoms with van der Waals surface area (Å²) in [5.41, 5.74) is 3.65. The van der Waals surface area contributed by atoms with Gasteiger partial charge in [0, 0.05) is 56.9 Å². The topological polar surface area (TPSA) is 94.2 Å². The summed E-state index contributed by atoms with van der Waals surface area (Å²) in [6.07, 6.45) is 0.762. The fraction of sp³-hybridized carbons (Fsp3) is 0.423. The number of hydrogen-bond donors (Lipinski definition) is 2. The monoisotopic (exact) mass is 481 g/mol. The van der Waals surface area contributed by atoms with Gasteiger partial charge in [0.25, 0.3) is 0 Å². The number of nitrogens with zero attached hydrogens (tertiary/aromatic N) is 3. The van der Waals surface area contributed by atoms with Crippen molar-refractivity contribution in [1.82, 2.24) is 9.80 Å². The quantitative estimate of drug-likeness (QED) is 0.574. The Kier molecular flexibility index (Phi) is 9.48. The summed E-state index contributed by atoms with van der Waals surface area (Å²) in [7, 11) is 1.46. The van der Waals surface area contributed by atoms with E-state index >= 15 is 0 Å². The van der Waals surface area contributed by atoms with Gasteiger partial charge in [0.1, 0.15) is 6.61 Å². The maximum absolute atomic E-state index is 12.6. The molecular formula is C26H35N5O4. The molecule has 0 radical (unpaired) electrons. The van der Waals surface area contributed by atoms with Gasteiger partial charge in [-0.3, -0.25) is 9.59 Å². The molecule has 1 heterocycles. The molecule has 0 atom stereocenters. The second-order valence-electron chi connectivity index (χ2n) is 8.61. The summed E-state index contributed by atoms with van der Waals surface area (Å²) >= 11 is 0. The van der Waals surface area contributed by atoms with Crippen LogP contribution in [0.3, 0.4) is 0 Å². The predicted molar refractivity (Wildman–Crippen MR) is 138 cm³/mol. The van der Waals surface area contributed by atoms with E-state index < -0.39 is 0 Å². The number of aryl methyl sites for hydroxylation is 1. The molecule has 0 spiro atoms. The van der Waals surface area contributed by atoms with Crippen molar-refractivity contribution >= 4 is 34.9 Å². The van der Waals surface area contributed by atoms with Crippen molar-refractivity contribution in [3.63, 3.8) is 0 Å². The highest BCUT2D eigenvalue weighted by Gasteiger charge is 2.22. The van der Waals surface area contributed by atoms with E-state index in [-0.39, 0.29) is 31.0 Å². The highest BCUT2D eigenvalue weighted by Crippen LogP contribution is 2.20. The van der Waals surface area contributed by atoms with E-state index in [0.717, 1.165) is 36.4 Å². The molecule has 0 saturated carbocycles. The standard InChI is InChI=1S/C26H35N5O4/c1-4-13-31(25(33)19-35-3)18-24(32)27-21-9-11-23(12-10-21)29-14-16-30(17-15-29)26(34)28-22-7-5-20(2)6-8-22/h5-12H,4,13-19H2,1-3H3,(H,27,32)(H,28,34). The zero-order valence-corrected chi connectivity index (χ0v) is 20.8. The Morgan fingerprint density at radius 1 is 0.914 bits per heavy atom. The molecule has 2 aromatic rings. The molecule has 3 rings (SSSR count). The minimum absolute atomic E-state index is 0.00953. The maximum Gasteiger partial charge on any atom is 0.321 e. The van der Waals surface area contributed by atoms with Crippen LogP contribution in [0.4, 0.5) is 21.9 Å². The van der Waals surface area contributed by atoms with Gasteiger partial charge in [0.05, 0.1) is 6.54 Å². The number of amides is 4. The fourth-order valence-electron chi connectivity index (χ4n) is 3.91. The zero-order chi connectivity index (χ0) is 25.2. The summed E-state index contributed by atoms with van der Waals surface area (Å²) in [5, 5.41) is 5.80. The highest BCUT2D eigenvalue weighted by molar-refractivity contribution is 5.95. The summed E-state index contributed by atoms with van der Waals surface area (Å²) in [6.45, 7) is 7.12. The first-order valence-electron chi connectivity index (χ1n) is 11.9. The number of ether oxygens (including phenoxy) is 1. The molecule has 0 bridgehead atoms. The molecule has 0 unspecified atom stereocenters. The summed E-state index contributed by atoms with van der Waals surface area (Å²) in [4.78, 5) is 42.6. The van der Waals surface area contributed by atoms with Crippen molar-refractivity contribution in [3.05, 3.63) is 54.1 Å². The molecule has 1 aliphatic rings. The molecule has 35 heavy (non-hydrogen) atoms. The first-order chi connectivity index (χ1) is 16.9. The highest BCUT2D eigenvalue weighted by atomic mass is 16.5. The van der Waals surface area contributed by atoms with Crippen LogP contribution in [-0.4, -0.2) is 80.6 Å². The number of benzene rings is 2. The van der Waals surface area contributed by atoms with Gasteiger partial charge in [-0.15, -0.1) is 0 Å². The van der Waals surface area contributed by atoms with Crippen LogP contribution in [-0.2, 0) is 14.3 Å². The van der Waals surface area contributed by atoms with E-state index in [0.29, 0.717) is 25.3 Å². The molecule has 0 aromatic heterocycles. The summed E-state index contributed by atoms with van der Waals surface area (Å²) in [5.74, 6) is -0.449. The third-order valence-corrected chi connectivity index (χ3v) is 5.83. The van der Waals surface area contributed by atoms with Crippen molar-refractivity contribution in [2.24, 2.45) is 0 Å².